The Kier molecular flexibility index (Phi) is 5.10. The van der Waals surface area contributed by atoms with Crippen molar-refractivity contribution < 1.29 is 8.42 Å². The molecule has 0 amide bonds. The first-order valence-electron chi connectivity index (χ1n) is 6.60. The molecule has 5 nitrogen and oxygen atoms in total. The number of nitrogens with zero attached hydrogens (tertiary/aromatic N) is 1. The van der Waals surface area contributed by atoms with Gasteiger partial charge in [0.05, 0.1) is 0 Å². The molecule has 2 rings (SSSR count). The van der Waals surface area contributed by atoms with Crippen LogP contribution in [0.2, 0.25) is 0 Å². The molecular weight excluding hydrogens is 306 g/mol. The molecule has 2 aromatic heterocycles. The molecule has 1 unspecified atom stereocenters. The van der Waals surface area contributed by atoms with Crippen molar-refractivity contribution in [3.8, 4) is 0 Å². The van der Waals surface area contributed by atoms with E-state index >= 15 is 0 Å². The molecule has 0 saturated carbocycles. The van der Waals surface area contributed by atoms with Crippen LogP contribution < -0.4 is 10.0 Å². The lowest BCUT2D eigenvalue weighted by molar-refractivity contribution is 0.569. The van der Waals surface area contributed by atoms with E-state index in [-0.39, 0.29) is 6.04 Å². The van der Waals surface area contributed by atoms with Crippen LogP contribution in [-0.4, -0.2) is 20.4 Å². The van der Waals surface area contributed by atoms with Gasteiger partial charge in [-0.3, -0.25) is 4.98 Å². The highest BCUT2D eigenvalue weighted by Crippen LogP contribution is 2.27. The number of aryl methyl sites for hydroxylation is 1. The van der Waals surface area contributed by atoms with Crippen molar-refractivity contribution in [3.63, 3.8) is 0 Å². The molecule has 2 heterocycles. The quantitative estimate of drug-likeness (QED) is 0.854. The van der Waals surface area contributed by atoms with E-state index in [9.17, 15) is 8.42 Å². The van der Waals surface area contributed by atoms with Crippen molar-refractivity contribution in [2.45, 2.75) is 30.6 Å². The Labute approximate surface area is 129 Å². The first-order chi connectivity index (χ1) is 9.94. The van der Waals surface area contributed by atoms with Crippen LogP contribution in [0.3, 0.4) is 0 Å². The second-order valence-electron chi connectivity index (χ2n) is 4.83. The molecular formula is C14H19N3O2S2. The predicted molar refractivity (Wildman–Crippen MR) is 84.8 cm³/mol. The lowest BCUT2D eigenvalue weighted by atomic mass is 10.1. The zero-order chi connectivity index (χ0) is 15.5. The highest BCUT2D eigenvalue weighted by molar-refractivity contribution is 7.91. The Bertz CT molecular complexity index is 696. The number of nitrogens with one attached hydrogen (secondary N) is 2. The average molecular weight is 325 g/mol. The smallest absolute Gasteiger partial charge is 0.250 e. The van der Waals surface area contributed by atoms with Crippen LogP contribution in [0.5, 0.6) is 0 Å². The normalized spacial score (nSPS) is 13.3. The van der Waals surface area contributed by atoms with Gasteiger partial charge in [-0.25, -0.2) is 13.1 Å². The van der Waals surface area contributed by atoms with Crippen molar-refractivity contribution in [1.82, 2.24) is 15.0 Å². The summed E-state index contributed by atoms with van der Waals surface area (Å²) in [4.78, 5) is 4.97. The maximum Gasteiger partial charge on any atom is 0.250 e. The average Bonchev–Trinajstić information content (AvgIpc) is 2.82. The minimum Gasteiger partial charge on any atom is -0.315 e. The SMILES string of the molecule is CNCc1sc(S(=O)(=O)NC(C)c2ccncc2)cc1C. The van der Waals surface area contributed by atoms with Crippen LogP contribution >= 0.6 is 11.3 Å². The van der Waals surface area contributed by atoms with Gasteiger partial charge in [-0.05, 0) is 50.2 Å². The zero-order valence-corrected chi connectivity index (χ0v) is 13.9. The number of hydrogen-bond acceptors (Lipinski definition) is 5. The summed E-state index contributed by atoms with van der Waals surface area (Å²) in [5, 5.41) is 3.04. The molecule has 0 aliphatic rings. The van der Waals surface area contributed by atoms with Crippen LogP contribution in [0.25, 0.3) is 0 Å². The number of thiophene rings is 1. The first-order valence-corrected chi connectivity index (χ1v) is 8.90. The van der Waals surface area contributed by atoms with Crippen molar-refractivity contribution in [3.05, 3.63) is 46.6 Å². The molecule has 0 aromatic carbocycles. The first kappa shape index (κ1) is 16.1. The van der Waals surface area contributed by atoms with E-state index in [2.05, 4.69) is 15.0 Å². The van der Waals surface area contributed by atoms with E-state index in [1.807, 2.05) is 20.9 Å². The van der Waals surface area contributed by atoms with Gasteiger partial charge in [0, 0.05) is 29.9 Å². The lowest BCUT2D eigenvalue weighted by Gasteiger charge is -2.13. The maximum absolute atomic E-state index is 12.4. The summed E-state index contributed by atoms with van der Waals surface area (Å²) < 4.78 is 28.0. The summed E-state index contributed by atoms with van der Waals surface area (Å²) in [6.45, 7) is 4.42. The summed E-state index contributed by atoms with van der Waals surface area (Å²) >= 11 is 1.30. The van der Waals surface area contributed by atoms with Crippen molar-refractivity contribution in [1.29, 1.82) is 0 Å². The Morgan fingerprint density at radius 2 is 2.00 bits per heavy atom. The van der Waals surface area contributed by atoms with Crippen LogP contribution in [-0.2, 0) is 16.6 Å². The predicted octanol–water partition coefficient (Wildman–Crippen LogP) is 2.21. The van der Waals surface area contributed by atoms with E-state index in [1.165, 1.54) is 11.3 Å². The molecule has 0 spiro atoms. The van der Waals surface area contributed by atoms with Gasteiger partial charge < -0.3 is 5.32 Å². The van der Waals surface area contributed by atoms with Crippen LogP contribution in [0, 0.1) is 6.92 Å². The highest BCUT2D eigenvalue weighted by Gasteiger charge is 2.21. The van der Waals surface area contributed by atoms with Gasteiger partial charge in [-0.1, -0.05) is 0 Å². The molecule has 7 heteroatoms. The van der Waals surface area contributed by atoms with Gasteiger partial charge in [-0.15, -0.1) is 11.3 Å². The Balaban J connectivity index is 2.20. The third kappa shape index (κ3) is 3.88. The van der Waals surface area contributed by atoms with Crippen LogP contribution in [0.15, 0.2) is 34.8 Å². The highest BCUT2D eigenvalue weighted by atomic mass is 32.2. The van der Waals surface area contributed by atoms with E-state index in [0.717, 1.165) is 16.0 Å². The Morgan fingerprint density at radius 1 is 1.33 bits per heavy atom. The van der Waals surface area contributed by atoms with Gasteiger partial charge in [0.25, 0.3) is 10.0 Å². The molecule has 1 atom stereocenters. The minimum atomic E-state index is -3.51. The fraction of sp³-hybridized carbons (Fsp3) is 0.357. The van der Waals surface area contributed by atoms with Crippen LogP contribution in [0.4, 0.5) is 0 Å². The molecule has 0 bridgehead atoms. The number of aromatic nitrogens is 1. The van der Waals surface area contributed by atoms with E-state index in [1.54, 1.807) is 30.6 Å². The second kappa shape index (κ2) is 6.65. The van der Waals surface area contributed by atoms with E-state index in [0.29, 0.717) is 10.8 Å². The van der Waals surface area contributed by atoms with Gasteiger partial charge >= 0.3 is 0 Å². The third-order valence-electron chi connectivity index (χ3n) is 3.14. The summed E-state index contributed by atoms with van der Waals surface area (Å²) in [7, 11) is -1.66. The molecule has 21 heavy (non-hydrogen) atoms. The third-order valence-corrected chi connectivity index (χ3v) is 6.39. The fourth-order valence-electron chi connectivity index (χ4n) is 1.97. The van der Waals surface area contributed by atoms with Crippen LogP contribution in [0.1, 0.15) is 29.0 Å². The van der Waals surface area contributed by atoms with Gasteiger partial charge in [0.2, 0.25) is 0 Å². The molecule has 0 fully saturated rings. The second-order valence-corrected chi connectivity index (χ2v) is 7.90. The monoisotopic (exact) mass is 325 g/mol. The molecule has 0 aliphatic carbocycles. The summed E-state index contributed by atoms with van der Waals surface area (Å²) in [5.74, 6) is 0. The minimum absolute atomic E-state index is 0.298. The molecule has 2 N–H and O–H groups in total. The van der Waals surface area contributed by atoms with Gasteiger partial charge in [0.1, 0.15) is 4.21 Å². The largest absolute Gasteiger partial charge is 0.315 e. The molecule has 0 saturated heterocycles. The Hall–Kier alpha value is -1.28. The van der Waals surface area contributed by atoms with Gasteiger partial charge in [-0.2, -0.15) is 0 Å². The molecule has 114 valence electrons. The van der Waals surface area contributed by atoms with Crippen molar-refractivity contribution in [2.75, 3.05) is 7.05 Å². The maximum atomic E-state index is 12.4. The molecule has 0 radical (unpaired) electrons. The van der Waals surface area contributed by atoms with Crippen molar-refractivity contribution >= 4 is 21.4 Å². The van der Waals surface area contributed by atoms with E-state index in [4.69, 9.17) is 0 Å². The fourth-order valence-corrected chi connectivity index (χ4v) is 4.82. The van der Waals surface area contributed by atoms with Gasteiger partial charge in [0.15, 0.2) is 0 Å². The Morgan fingerprint density at radius 3 is 2.62 bits per heavy atom. The van der Waals surface area contributed by atoms with E-state index < -0.39 is 10.0 Å². The summed E-state index contributed by atoms with van der Waals surface area (Å²) in [5.41, 5.74) is 1.88. The number of rotatable bonds is 6. The topological polar surface area (TPSA) is 71.1 Å². The molecule has 0 aliphatic heterocycles. The lowest BCUT2D eigenvalue weighted by Crippen LogP contribution is -2.26. The number of hydrogen-bond donors (Lipinski definition) is 2. The number of sulfonamides is 1. The summed E-state index contributed by atoms with van der Waals surface area (Å²) in [6.07, 6.45) is 3.31. The number of pyridine rings is 1. The molecule has 2 aromatic rings. The zero-order valence-electron chi connectivity index (χ0n) is 12.3. The van der Waals surface area contributed by atoms with Crippen molar-refractivity contribution in [2.24, 2.45) is 0 Å². The standard InChI is InChI=1S/C14H19N3O2S2/c1-10-8-14(20-13(10)9-15-3)21(18,19)17-11(2)12-4-6-16-7-5-12/h4-8,11,15,17H,9H2,1-3H3. The summed E-state index contributed by atoms with van der Waals surface area (Å²) in [6, 6.07) is 5.03.